The number of rotatable bonds is 7. The number of amides is 1. The average Bonchev–Trinajstić information content (AvgIpc) is 3.33. The first kappa shape index (κ1) is 22.7. The third kappa shape index (κ3) is 5.01. The van der Waals surface area contributed by atoms with Crippen LogP contribution in [0.15, 0.2) is 72.8 Å². The number of aromatic nitrogens is 1. The molecule has 4 aromatic rings. The van der Waals surface area contributed by atoms with Crippen molar-refractivity contribution in [2.45, 2.75) is 6.42 Å². The van der Waals surface area contributed by atoms with Crippen LogP contribution in [0.25, 0.3) is 21.3 Å². The summed E-state index contributed by atoms with van der Waals surface area (Å²) in [5.74, 6) is -0.492. The summed E-state index contributed by atoms with van der Waals surface area (Å²) in [5.41, 5.74) is 3.06. The first-order valence-corrected chi connectivity index (χ1v) is 12.3. The summed E-state index contributed by atoms with van der Waals surface area (Å²) in [7, 11) is 0. The van der Waals surface area contributed by atoms with E-state index in [1.807, 2.05) is 60.7 Å². The van der Waals surface area contributed by atoms with Crippen molar-refractivity contribution in [3.8, 4) is 11.1 Å². The van der Waals surface area contributed by atoms with Crippen LogP contribution in [0.1, 0.15) is 16.8 Å². The molecule has 0 bridgehead atoms. The van der Waals surface area contributed by atoms with Crippen molar-refractivity contribution in [2.24, 2.45) is 0 Å². The Balaban J connectivity index is 1.39. The van der Waals surface area contributed by atoms with E-state index in [2.05, 4.69) is 9.88 Å². The molecule has 1 fully saturated rings. The van der Waals surface area contributed by atoms with Gasteiger partial charge in [-0.1, -0.05) is 59.9 Å². The highest BCUT2D eigenvalue weighted by Gasteiger charge is 2.22. The molecule has 5 nitrogen and oxygen atoms in total. The van der Waals surface area contributed by atoms with E-state index in [-0.39, 0.29) is 11.7 Å². The lowest BCUT2D eigenvalue weighted by Gasteiger charge is -2.27. The molecule has 174 valence electrons. The van der Waals surface area contributed by atoms with Crippen molar-refractivity contribution < 1.29 is 13.9 Å². The number of nitrogens with zero attached hydrogens (tertiary/aromatic N) is 3. The largest absolute Gasteiger partial charge is 0.379 e. The molecule has 34 heavy (non-hydrogen) atoms. The van der Waals surface area contributed by atoms with E-state index in [0.717, 1.165) is 55.1 Å². The molecule has 3 aromatic carbocycles. The van der Waals surface area contributed by atoms with Gasteiger partial charge in [-0.15, -0.1) is 0 Å². The smallest absolute Gasteiger partial charge is 0.260 e. The number of carbonyl (C=O) groups excluding carboxylic acids is 1. The van der Waals surface area contributed by atoms with Crippen LogP contribution in [0.3, 0.4) is 0 Å². The molecule has 0 aliphatic carbocycles. The predicted octanol–water partition coefficient (Wildman–Crippen LogP) is 5.47. The van der Waals surface area contributed by atoms with Gasteiger partial charge in [0.15, 0.2) is 5.13 Å². The highest BCUT2D eigenvalue weighted by atomic mass is 32.1. The van der Waals surface area contributed by atoms with E-state index in [0.29, 0.717) is 22.8 Å². The number of carbonyl (C=O) groups is 1. The normalized spacial score (nSPS) is 14.4. The summed E-state index contributed by atoms with van der Waals surface area (Å²) in [6.45, 7) is 4.68. The summed E-state index contributed by atoms with van der Waals surface area (Å²) < 4.78 is 20.5. The Hall–Kier alpha value is -3.13. The zero-order chi connectivity index (χ0) is 23.3. The van der Waals surface area contributed by atoms with Crippen molar-refractivity contribution in [1.29, 1.82) is 0 Å². The number of halogens is 1. The fraction of sp³-hybridized carbons (Fsp3) is 0.259. The second kappa shape index (κ2) is 10.4. The van der Waals surface area contributed by atoms with E-state index in [4.69, 9.17) is 4.74 Å². The molecule has 1 aliphatic heterocycles. The minimum atomic E-state index is -0.368. The topological polar surface area (TPSA) is 45.7 Å². The molecule has 7 heteroatoms. The van der Waals surface area contributed by atoms with Gasteiger partial charge < -0.3 is 4.74 Å². The average molecular weight is 476 g/mol. The van der Waals surface area contributed by atoms with Crippen LogP contribution in [0.5, 0.6) is 0 Å². The molecule has 1 amide bonds. The Kier molecular flexibility index (Phi) is 6.94. The maximum absolute atomic E-state index is 14.3. The van der Waals surface area contributed by atoms with Gasteiger partial charge in [-0.25, -0.2) is 9.37 Å². The SMILES string of the molecule is O=C(c1ccc(-c2ccccc2)cc1)N(CCCN1CCOCC1)c1nc2c(F)cccc2s1. The molecular formula is C27H26FN3O2S. The van der Waals surface area contributed by atoms with Gasteiger partial charge in [0.1, 0.15) is 11.3 Å². The second-order valence-corrected chi connectivity index (χ2v) is 9.30. The molecule has 0 unspecified atom stereocenters. The summed E-state index contributed by atoms with van der Waals surface area (Å²) in [4.78, 5) is 22.1. The fourth-order valence-corrected chi connectivity index (χ4v) is 5.18. The van der Waals surface area contributed by atoms with Gasteiger partial charge in [-0.3, -0.25) is 14.6 Å². The fourth-order valence-electron chi connectivity index (χ4n) is 4.17. The zero-order valence-electron chi connectivity index (χ0n) is 18.8. The van der Waals surface area contributed by atoms with Crippen molar-refractivity contribution in [3.05, 3.63) is 84.2 Å². The first-order chi connectivity index (χ1) is 16.7. The van der Waals surface area contributed by atoms with Gasteiger partial charge in [-0.05, 0) is 41.8 Å². The lowest BCUT2D eigenvalue weighted by atomic mass is 10.0. The zero-order valence-corrected chi connectivity index (χ0v) is 19.6. The van der Waals surface area contributed by atoms with Crippen molar-refractivity contribution in [3.63, 3.8) is 0 Å². The lowest BCUT2D eigenvalue weighted by molar-refractivity contribution is 0.0376. The lowest BCUT2D eigenvalue weighted by Crippen LogP contribution is -2.39. The Morgan fingerprint density at radius 2 is 1.71 bits per heavy atom. The molecular weight excluding hydrogens is 449 g/mol. The third-order valence-electron chi connectivity index (χ3n) is 6.03. The van der Waals surface area contributed by atoms with Crippen LogP contribution >= 0.6 is 11.3 Å². The number of ether oxygens (including phenoxy) is 1. The molecule has 1 aliphatic rings. The number of hydrogen-bond acceptors (Lipinski definition) is 5. The molecule has 2 heterocycles. The van der Waals surface area contributed by atoms with Gasteiger partial charge in [0, 0.05) is 31.7 Å². The number of fused-ring (bicyclic) bond motifs is 1. The van der Waals surface area contributed by atoms with Crippen LogP contribution in [0.2, 0.25) is 0 Å². The van der Waals surface area contributed by atoms with Gasteiger partial charge >= 0.3 is 0 Å². The summed E-state index contributed by atoms with van der Waals surface area (Å²) in [6, 6.07) is 22.6. The number of anilines is 1. The minimum Gasteiger partial charge on any atom is -0.379 e. The summed E-state index contributed by atoms with van der Waals surface area (Å²) in [5, 5.41) is 0.527. The number of thiazole rings is 1. The van der Waals surface area contributed by atoms with Crippen molar-refractivity contribution in [2.75, 3.05) is 44.3 Å². The Labute approximate surface area is 202 Å². The van der Waals surface area contributed by atoms with E-state index < -0.39 is 0 Å². The van der Waals surface area contributed by atoms with Crippen molar-refractivity contribution in [1.82, 2.24) is 9.88 Å². The standard InChI is InChI=1S/C27H26FN3O2S/c28-23-8-4-9-24-25(23)29-27(34-24)31(15-5-14-30-16-18-33-19-17-30)26(32)22-12-10-21(11-13-22)20-6-2-1-3-7-20/h1-4,6-13H,5,14-19H2. The number of benzene rings is 3. The maximum atomic E-state index is 14.3. The summed E-state index contributed by atoms with van der Waals surface area (Å²) in [6.07, 6.45) is 0.798. The molecule has 1 saturated heterocycles. The Morgan fingerprint density at radius 1 is 0.971 bits per heavy atom. The quantitative estimate of drug-likeness (QED) is 0.356. The predicted molar refractivity (Wildman–Crippen MR) is 135 cm³/mol. The highest BCUT2D eigenvalue weighted by molar-refractivity contribution is 7.22. The van der Waals surface area contributed by atoms with Gasteiger partial charge in [0.25, 0.3) is 5.91 Å². The number of hydrogen-bond donors (Lipinski definition) is 0. The first-order valence-electron chi connectivity index (χ1n) is 11.5. The van der Waals surface area contributed by atoms with Gasteiger partial charge in [0.05, 0.1) is 17.9 Å². The highest BCUT2D eigenvalue weighted by Crippen LogP contribution is 2.31. The van der Waals surface area contributed by atoms with E-state index in [1.54, 1.807) is 11.0 Å². The monoisotopic (exact) mass is 475 g/mol. The Morgan fingerprint density at radius 3 is 2.44 bits per heavy atom. The third-order valence-corrected chi connectivity index (χ3v) is 7.08. The van der Waals surface area contributed by atoms with Gasteiger partial charge in [0.2, 0.25) is 0 Å². The van der Waals surface area contributed by atoms with Gasteiger partial charge in [-0.2, -0.15) is 0 Å². The molecule has 1 aromatic heterocycles. The van der Waals surface area contributed by atoms with Crippen LogP contribution in [0.4, 0.5) is 9.52 Å². The van der Waals surface area contributed by atoms with Crippen molar-refractivity contribution >= 4 is 32.6 Å². The molecule has 0 spiro atoms. The van der Waals surface area contributed by atoms with Crippen LogP contribution in [0, 0.1) is 5.82 Å². The minimum absolute atomic E-state index is 0.124. The second-order valence-electron chi connectivity index (χ2n) is 8.29. The van der Waals surface area contributed by atoms with Crippen LogP contribution < -0.4 is 4.90 Å². The number of morpholine rings is 1. The number of para-hydroxylation sites is 1. The molecule has 5 rings (SSSR count). The summed E-state index contributed by atoms with van der Waals surface area (Å²) >= 11 is 1.35. The molecule has 0 atom stereocenters. The van der Waals surface area contributed by atoms with E-state index in [9.17, 15) is 9.18 Å². The van der Waals surface area contributed by atoms with Crippen LogP contribution in [-0.2, 0) is 4.74 Å². The Bertz CT molecular complexity index is 1250. The molecule has 0 N–H and O–H groups in total. The van der Waals surface area contributed by atoms with E-state index in [1.165, 1.54) is 17.4 Å². The maximum Gasteiger partial charge on any atom is 0.260 e. The van der Waals surface area contributed by atoms with E-state index >= 15 is 0 Å². The van der Waals surface area contributed by atoms with Crippen LogP contribution in [-0.4, -0.2) is 55.2 Å². The molecule has 0 saturated carbocycles. The molecule has 0 radical (unpaired) electrons.